The minimum atomic E-state index is -0.302. The first-order valence-electron chi connectivity index (χ1n) is 7.74. The van der Waals surface area contributed by atoms with E-state index in [-0.39, 0.29) is 11.6 Å². The van der Waals surface area contributed by atoms with Crippen LogP contribution in [0.15, 0.2) is 59.3 Å². The molecule has 25 heavy (non-hydrogen) atoms. The topological polar surface area (TPSA) is 66.9 Å². The van der Waals surface area contributed by atoms with Gasteiger partial charge in [-0.3, -0.25) is 4.79 Å². The zero-order valence-electron chi connectivity index (χ0n) is 13.9. The summed E-state index contributed by atoms with van der Waals surface area (Å²) in [6.07, 6.45) is 3.01. The average Bonchev–Trinajstić information content (AvgIpc) is 2.54. The van der Waals surface area contributed by atoms with Crippen molar-refractivity contribution in [3.05, 3.63) is 76.2 Å². The molecule has 5 nitrogen and oxygen atoms in total. The minimum Gasteiger partial charge on any atom is -0.339 e. The molecule has 1 amide bonds. The maximum Gasteiger partial charge on any atom is 0.275 e. The van der Waals surface area contributed by atoms with Gasteiger partial charge in [-0.2, -0.15) is 0 Å². The molecule has 0 fully saturated rings. The summed E-state index contributed by atoms with van der Waals surface area (Å²) in [6, 6.07) is 13.5. The van der Waals surface area contributed by atoms with Crippen molar-refractivity contribution in [2.45, 2.75) is 13.8 Å². The molecule has 3 aromatic rings. The summed E-state index contributed by atoms with van der Waals surface area (Å²) in [5, 5.41) is 5.99. The quantitative estimate of drug-likeness (QED) is 0.661. The summed E-state index contributed by atoms with van der Waals surface area (Å²) in [5.74, 6) is 0.285. The highest BCUT2D eigenvalue weighted by atomic mass is 79.9. The summed E-state index contributed by atoms with van der Waals surface area (Å²) in [7, 11) is 0. The van der Waals surface area contributed by atoms with Crippen molar-refractivity contribution in [2.75, 3.05) is 10.6 Å². The number of rotatable bonds is 4. The highest BCUT2D eigenvalue weighted by molar-refractivity contribution is 9.10. The van der Waals surface area contributed by atoms with Gasteiger partial charge in [0, 0.05) is 15.8 Å². The van der Waals surface area contributed by atoms with Gasteiger partial charge >= 0.3 is 0 Å². The second kappa shape index (κ2) is 7.44. The second-order valence-corrected chi connectivity index (χ2v) is 6.67. The fourth-order valence-electron chi connectivity index (χ4n) is 2.47. The van der Waals surface area contributed by atoms with Crippen molar-refractivity contribution in [1.29, 1.82) is 0 Å². The number of hydrogen-bond donors (Lipinski definition) is 2. The van der Waals surface area contributed by atoms with Crippen molar-refractivity contribution < 1.29 is 4.79 Å². The summed E-state index contributed by atoms with van der Waals surface area (Å²) < 4.78 is 0.893. The van der Waals surface area contributed by atoms with Gasteiger partial charge in [0.25, 0.3) is 5.91 Å². The molecule has 0 atom stereocenters. The number of aryl methyl sites for hydroxylation is 2. The van der Waals surface area contributed by atoms with E-state index in [1.807, 2.05) is 50.2 Å². The Hall–Kier alpha value is -2.73. The molecule has 3 rings (SSSR count). The molecule has 0 radical (unpaired) electrons. The van der Waals surface area contributed by atoms with Gasteiger partial charge in [-0.05, 0) is 55.3 Å². The molecule has 126 valence electrons. The van der Waals surface area contributed by atoms with Crippen LogP contribution in [0.3, 0.4) is 0 Å². The van der Waals surface area contributed by atoms with E-state index in [0.29, 0.717) is 11.5 Å². The van der Waals surface area contributed by atoms with E-state index < -0.39 is 0 Å². The number of anilines is 3. The minimum absolute atomic E-state index is 0.256. The van der Waals surface area contributed by atoms with Crippen LogP contribution in [0.1, 0.15) is 21.6 Å². The molecule has 0 aliphatic rings. The molecular formula is C19H17BrN4O. The van der Waals surface area contributed by atoms with Crippen LogP contribution in [0.5, 0.6) is 0 Å². The third-order valence-corrected chi connectivity index (χ3v) is 3.95. The first-order chi connectivity index (χ1) is 12.0. The highest BCUT2D eigenvalue weighted by Gasteiger charge is 2.09. The highest BCUT2D eigenvalue weighted by Crippen LogP contribution is 2.18. The van der Waals surface area contributed by atoms with E-state index in [9.17, 15) is 4.79 Å². The fourth-order valence-corrected chi connectivity index (χ4v) is 2.87. The lowest BCUT2D eigenvalue weighted by molar-refractivity contribution is 0.102. The number of benzene rings is 2. The lowest BCUT2D eigenvalue weighted by Crippen LogP contribution is -2.14. The monoisotopic (exact) mass is 396 g/mol. The SMILES string of the molecule is Cc1cc(C)cc(Nc2cnc(C(=O)Nc3cccc(Br)c3)cn2)c1. The van der Waals surface area contributed by atoms with Gasteiger partial charge in [-0.15, -0.1) is 0 Å². The van der Waals surface area contributed by atoms with Crippen LogP contribution in [0.25, 0.3) is 0 Å². The Balaban J connectivity index is 1.70. The lowest BCUT2D eigenvalue weighted by atomic mass is 10.1. The predicted octanol–water partition coefficient (Wildman–Crippen LogP) is 4.85. The molecule has 0 aliphatic carbocycles. The smallest absolute Gasteiger partial charge is 0.275 e. The molecule has 0 spiro atoms. The Morgan fingerprint density at radius 3 is 2.36 bits per heavy atom. The molecular weight excluding hydrogens is 380 g/mol. The number of aromatic nitrogens is 2. The predicted molar refractivity (Wildman–Crippen MR) is 103 cm³/mol. The van der Waals surface area contributed by atoms with Gasteiger partial charge < -0.3 is 10.6 Å². The number of hydrogen-bond acceptors (Lipinski definition) is 4. The molecule has 0 saturated heterocycles. The Kier molecular flexibility index (Phi) is 5.09. The molecule has 0 bridgehead atoms. The number of carbonyl (C=O) groups is 1. The summed E-state index contributed by atoms with van der Waals surface area (Å²) in [4.78, 5) is 20.7. The maximum atomic E-state index is 12.2. The first kappa shape index (κ1) is 17.1. The van der Waals surface area contributed by atoms with Crippen LogP contribution in [0.2, 0.25) is 0 Å². The van der Waals surface area contributed by atoms with Gasteiger partial charge in [0.1, 0.15) is 11.5 Å². The van der Waals surface area contributed by atoms with Crippen molar-refractivity contribution in [3.63, 3.8) is 0 Å². The summed E-state index contributed by atoms with van der Waals surface area (Å²) in [5.41, 5.74) is 4.23. The van der Waals surface area contributed by atoms with Gasteiger partial charge in [0.2, 0.25) is 0 Å². The van der Waals surface area contributed by atoms with Crippen molar-refractivity contribution >= 4 is 39.0 Å². The van der Waals surface area contributed by atoms with Crippen LogP contribution >= 0.6 is 15.9 Å². The molecule has 1 aromatic heterocycles. The van der Waals surface area contributed by atoms with Gasteiger partial charge in [-0.25, -0.2) is 9.97 Å². The molecule has 0 unspecified atom stereocenters. The first-order valence-corrected chi connectivity index (χ1v) is 8.53. The standard InChI is InChI=1S/C19H17BrN4O/c1-12-6-13(2)8-16(7-12)23-18-11-21-17(10-22-18)19(25)24-15-5-3-4-14(20)9-15/h3-11H,1-2H3,(H,22,23)(H,24,25). The molecule has 6 heteroatoms. The number of halogens is 1. The number of nitrogens with zero attached hydrogens (tertiary/aromatic N) is 2. The zero-order chi connectivity index (χ0) is 17.8. The Bertz CT molecular complexity index is 889. The van der Waals surface area contributed by atoms with Gasteiger partial charge in [0.15, 0.2) is 0 Å². The van der Waals surface area contributed by atoms with Crippen LogP contribution < -0.4 is 10.6 Å². The van der Waals surface area contributed by atoms with Crippen LogP contribution in [-0.4, -0.2) is 15.9 Å². The fraction of sp³-hybridized carbons (Fsp3) is 0.105. The third kappa shape index (κ3) is 4.64. The van der Waals surface area contributed by atoms with Crippen LogP contribution in [-0.2, 0) is 0 Å². The lowest BCUT2D eigenvalue weighted by Gasteiger charge is -2.08. The molecule has 2 aromatic carbocycles. The Labute approximate surface area is 154 Å². The van der Waals surface area contributed by atoms with E-state index in [0.717, 1.165) is 10.2 Å². The van der Waals surface area contributed by atoms with E-state index in [4.69, 9.17) is 0 Å². The van der Waals surface area contributed by atoms with Gasteiger partial charge in [0.05, 0.1) is 12.4 Å². The summed E-state index contributed by atoms with van der Waals surface area (Å²) >= 11 is 3.37. The number of carbonyl (C=O) groups excluding carboxylic acids is 1. The normalized spacial score (nSPS) is 10.4. The van der Waals surface area contributed by atoms with E-state index in [2.05, 4.69) is 42.6 Å². The van der Waals surface area contributed by atoms with Crippen molar-refractivity contribution in [2.24, 2.45) is 0 Å². The Morgan fingerprint density at radius 1 is 0.960 bits per heavy atom. The third-order valence-electron chi connectivity index (χ3n) is 3.46. The molecule has 1 heterocycles. The van der Waals surface area contributed by atoms with E-state index in [1.54, 1.807) is 6.20 Å². The summed E-state index contributed by atoms with van der Waals surface area (Å²) in [6.45, 7) is 4.08. The molecule has 0 saturated carbocycles. The van der Waals surface area contributed by atoms with Crippen molar-refractivity contribution in [1.82, 2.24) is 9.97 Å². The largest absolute Gasteiger partial charge is 0.339 e. The average molecular weight is 397 g/mol. The van der Waals surface area contributed by atoms with Crippen molar-refractivity contribution in [3.8, 4) is 0 Å². The number of amides is 1. The number of nitrogens with one attached hydrogen (secondary N) is 2. The molecule has 0 aliphatic heterocycles. The maximum absolute atomic E-state index is 12.2. The zero-order valence-corrected chi connectivity index (χ0v) is 15.5. The van der Waals surface area contributed by atoms with E-state index in [1.165, 1.54) is 17.3 Å². The van der Waals surface area contributed by atoms with Crippen LogP contribution in [0, 0.1) is 13.8 Å². The van der Waals surface area contributed by atoms with Gasteiger partial charge in [-0.1, -0.05) is 28.1 Å². The Morgan fingerprint density at radius 2 is 1.72 bits per heavy atom. The molecule has 2 N–H and O–H groups in total. The van der Waals surface area contributed by atoms with Crippen LogP contribution in [0.4, 0.5) is 17.2 Å². The second-order valence-electron chi connectivity index (χ2n) is 5.75. The van der Waals surface area contributed by atoms with E-state index >= 15 is 0 Å².